The van der Waals surface area contributed by atoms with Crippen molar-refractivity contribution < 1.29 is 19.4 Å². The van der Waals surface area contributed by atoms with Crippen molar-refractivity contribution >= 4 is 23.3 Å². The third-order valence-corrected chi connectivity index (χ3v) is 4.26. The molecule has 0 bridgehead atoms. The lowest BCUT2D eigenvalue weighted by Crippen LogP contribution is -2.08. The monoisotopic (exact) mass is 394 g/mol. The Labute approximate surface area is 168 Å². The number of benzene rings is 2. The first-order valence-corrected chi connectivity index (χ1v) is 8.97. The smallest absolute Gasteiger partial charge is 0.337 e. The molecule has 0 aliphatic carbocycles. The van der Waals surface area contributed by atoms with E-state index in [1.165, 1.54) is 12.4 Å². The number of aromatic carboxylic acids is 1. The number of rotatable bonds is 9. The van der Waals surface area contributed by atoms with Crippen LogP contribution in [-0.2, 0) is 6.42 Å². The lowest BCUT2D eigenvalue weighted by Gasteiger charge is -2.11. The molecular weight excluding hydrogens is 372 g/mol. The Morgan fingerprint density at radius 3 is 2.52 bits per heavy atom. The molecule has 0 saturated carbocycles. The van der Waals surface area contributed by atoms with Gasteiger partial charge in [-0.2, -0.15) is 0 Å². The van der Waals surface area contributed by atoms with Gasteiger partial charge in [-0.25, -0.2) is 14.8 Å². The minimum absolute atomic E-state index is 0.175. The maximum Gasteiger partial charge on any atom is 0.337 e. The molecule has 0 aliphatic heterocycles. The topological polar surface area (TPSA) is 106 Å². The number of carboxylic acids is 1. The number of methoxy groups -OCH3 is 2. The van der Waals surface area contributed by atoms with Crippen LogP contribution in [0.2, 0.25) is 0 Å². The van der Waals surface area contributed by atoms with Gasteiger partial charge in [0.15, 0.2) is 11.5 Å². The fourth-order valence-electron chi connectivity index (χ4n) is 2.81. The summed E-state index contributed by atoms with van der Waals surface area (Å²) in [6.45, 7) is 0.650. The van der Waals surface area contributed by atoms with Crippen LogP contribution >= 0.6 is 0 Å². The molecule has 0 fully saturated rings. The van der Waals surface area contributed by atoms with Gasteiger partial charge in [0, 0.05) is 12.6 Å². The van der Waals surface area contributed by atoms with Crippen LogP contribution in [0, 0.1) is 0 Å². The molecular formula is C21H22N4O4. The van der Waals surface area contributed by atoms with Gasteiger partial charge in [-0.1, -0.05) is 18.2 Å². The summed E-state index contributed by atoms with van der Waals surface area (Å²) in [5, 5.41) is 15.6. The standard InChI is InChI=1S/C21H22N4O4/c1-28-17-8-7-14(11-18(17)29-2)9-10-22-19-12-20(24-13-23-19)25-16-6-4-3-5-15(16)21(26)27/h3-8,11-13H,9-10H2,1-2H3,(H,26,27)(H2,22,23,24,25). The first kappa shape index (κ1) is 19.9. The normalized spacial score (nSPS) is 10.3. The van der Waals surface area contributed by atoms with Crippen LogP contribution in [0.1, 0.15) is 15.9 Å². The molecule has 0 unspecified atom stereocenters. The maximum atomic E-state index is 11.3. The van der Waals surface area contributed by atoms with Crippen molar-refractivity contribution in [1.82, 2.24) is 9.97 Å². The van der Waals surface area contributed by atoms with Gasteiger partial charge in [0.05, 0.1) is 25.5 Å². The van der Waals surface area contributed by atoms with E-state index >= 15 is 0 Å². The van der Waals surface area contributed by atoms with Crippen molar-refractivity contribution in [2.24, 2.45) is 0 Å². The zero-order chi connectivity index (χ0) is 20.6. The Hall–Kier alpha value is -3.81. The third-order valence-electron chi connectivity index (χ3n) is 4.26. The van der Waals surface area contributed by atoms with E-state index in [0.717, 1.165) is 12.0 Å². The Morgan fingerprint density at radius 2 is 1.76 bits per heavy atom. The predicted octanol–water partition coefficient (Wildman–Crippen LogP) is 3.59. The minimum atomic E-state index is -1.00. The van der Waals surface area contributed by atoms with E-state index in [1.807, 2.05) is 18.2 Å². The first-order chi connectivity index (χ1) is 14.1. The van der Waals surface area contributed by atoms with E-state index in [1.54, 1.807) is 38.5 Å². The number of carbonyl (C=O) groups is 1. The fraction of sp³-hybridized carbons (Fsp3) is 0.190. The number of nitrogens with zero attached hydrogens (tertiary/aromatic N) is 2. The molecule has 3 N–H and O–H groups in total. The summed E-state index contributed by atoms with van der Waals surface area (Å²) in [6.07, 6.45) is 2.18. The quantitative estimate of drug-likeness (QED) is 0.506. The van der Waals surface area contributed by atoms with Crippen LogP contribution in [0.15, 0.2) is 54.9 Å². The average Bonchev–Trinajstić information content (AvgIpc) is 2.74. The Bertz CT molecular complexity index is 994. The molecule has 29 heavy (non-hydrogen) atoms. The average molecular weight is 394 g/mol. The van der Waals surface area contributed by atoms with Crippen molar-refractivity contribution in [3.63, 3.8) is 0 Å². The molecule has 0 saturated heterocycles. The number of carboxylic acid groups (broad SMARTS) is 1. The molecule has 3 aromatic rings. The number of nitrogens with one attached hydrogen (secondary N) is 2. The maximum absolute atomic E-state index is 11.3. The Morgan fingerprint density at radius 1 is 1.00 bits per heavy atom. The number of aromatic nitrogens is 2. The van der Waals surface area contributed by atoms with Crippen molar-refractivity contribution in [2.45, 2.75) is 6.42 Å². The van der Waals surface area contributed by atoms with E-state index in [-0.39, 0.29) is 5.56 Å². The van der Waals surface area contributed by atoms with E-state index in [0.29, 0.717) is 35.4 Å². The molecule has 0 aliphatic rings. The highest BCUT2D eigenvalue weighted by Gasteiger charge is 2.10. The minimum Gasteiger partial charge on any atom is -0.493 e. The van der Waals surface area contributed by atoms with E-state index in [9.17, 15) is 9.90 Å². The molecule has 0 spiro atoms. The molecule has 0 atom stereocenters. The highest BCUT2D eigenvalue weighted by molar-refractivity contribution is 5.95. The number of para-hydroxylation sites is 1. The lowest BCUT2D eigenvalue weighted by molar-refractivity contribution is 0.0698. The Kier molecular flexibility index (Phi) is 6.47. The van der Waals surface area contributed by atoms with Crippen LogP contribution < -0.4 is 20.1 Å². The molecule has 150 valence electrons. The number of anilines is 3. The fourth-order valence-corrected chi connectivity index (χ4v) is 2.81. The summed E-state index contributed by atoms with van der Waals surface area (Å²) in [5.41, 5.74) is 1.74. The molecule has 0 radical (unpaired) electrons. The molecule has 2 aromatic carbocycles. The zero-order valence-electron chi connectivity index (χ0n) is 16.2. The van der Waals surface area contributed by atoms with E-state index in [4.69, 9.17) is 9.47 Å². The predicted molar refractivity (Wildman–Crippen MR) is 110 cm³/mol. The second kappa shape index (κ2) is 9.41. The van der Waals surface area contributed by atoms with Crippen LogP contribution in [0.25, 0.3) is 0 Å². The summed E-state index contributed by atoms with van der Waals surface area (Å²) in [5.74, 6) is 1.52. The molecule has 8 heteroatoms. The Balaban J connectivity index is 1.63. The van der Waals surface area contributed by atoms with Gasteiger partial charge in [-0.3, -0.25) is 0 Å². The zero-order valence-corrected chi connectivity index (χ0v) is 16.2. The van der Waals surface area contributed by atoms with Crippen LogP contribution in [-0.4, -0.2) is 41.8 Å². The van der Waals surface area contributed by atoms with Crippen molar-refractivity contribution in [3.8, 4) is 11.5 Å². The van der Waals surface area contributed by atoms with Gasteiger partial charge >= 0.3 is 5.97 Å². The summed E-state index contributed by atoms with van der Waals surface area (Å²) < 4.78 is 10.6. The molecule has 8 nitrogen and oxygen atoms in total. The molecule has 1 heterocycles. The van der Waals surface area contributed by atoms with E-state index < -0.39 is 5.97 Å². The summed E-state index contributed by atoms with van der Waals surface area (Å²) >= 11 is 0. The first-order valence-electron chi connectivity index (χ1n) is 8.97. The van der Waals surface area contributed by atoms with Gasteiger partial charge in [-0.05, 0) is 36.2 Å². The highest BCUT2D eigenvalue weighted by Crippen LogP contribution is 2.27. The number of hydrogen-bond acceptors (Lipinski definition) is 7. The van der Waals surface area contributed by atoms with Crippen molar-refractivity contribution in [2.75, 3.05) is 31.4 Å². The van der Waals surface area contributed by atoms with Crippen LogP contribution in [0.5, 0.6) is 11.5 Å². The van der Waals surface area contributed by atoms with Crippen LogP contribution in [0.3, 0.4) is 0 Å². The lowest BCUT2D eigenvalue weighted by atomic mass is 10.1. The van der Waals surface area contributed by atoms with Gasteiger partial charge in [0.2, 0.25) is 0 Å². The number of ether oxygens (including phenoxy) is 2. The van der Waals surface area contributed by atoms with E-state index in [2.05, 4.69) is 20.6 Å². The largest absolute Gasteiger partial charge is 0.493 e. The van der Waals surface area contributed by atoms with Crippen molar-refractivity contribution in [1.29, 1.82) is 0 Å². The summed E-state index contributed by atoms with van der Waals surface area (Å²) in [7, 11) is 3.21. The van der Waals surface area contributed by atoms with Gasteiger partial charge in [-0.15, -0.1) is 0 Å². The second-order valence-corrected chi connectivity index (χ2v) is 6.13. The second-order valence-electron chi connectivity index (χ2n) is 6.13. The van der Waals surface area contributed by atoms with Crippen LogP contribution in [0.4, 0.5) is 17.3 Å². The van der Waals surface area contributed by atoms with Gasteiger partial charge in [0.1, 0.15) is 18.0 Å². The molecule has 0 amide bonds. The SMILES string of the molecule is COc1ccc(CCNc2cc(Nc3ccccc3C(=O)O)ncn2)cc1OC. The van der Waals surface area contributed by atoms with Gasteiger partial charge in [0.25, 0.3) is 0 Å². The molecule has 3 rings (SSSR count). The third kappa shape index (κ3) is 5.13. The molecule has 1 aromatic heterocycles. The van der Waals surface area contributed by atoms with Gasteiger partial charge < -0.3 is 25.2 Å². The highest BCUT2D eigenvalue weighted by atomic mass is 16.5. The number of hydrogen-bond donors (Lipinski definition) is 3. The summed E-state index contributed by atoms with van der Waals surface area (Å²) in [4.78, 5) is 19.7. The van der Waals surface area contributed by atoms with Crippen molar-refractivity contribution in [3.05, 3.63) is 66.0 Å². The summed E-state index contributed by atoms with van der Waals surface area (Å²) in [6, 6.07) is 14.2.